The molecule has 0 bridgehead atoms. The first-order chi connectivity index (χ1) is 13.0. The summed E-state index contributed by atoms with van der Waals surface area (Å²) in [4.78, 5) is 18.5. The Hall–Kier alpha value is -1.89. The van der Waals surface area contributed by atoms with Gasteiger partial charge in [0.25, 0.3) is 0 Å². The van der Waals surface area contributed by atoms with Gasteiger partial charge in [0.05, 0.1) is 19.3 Å². The minimum atomic E-state index is -1.81. The average Bonchev–Trinajstić information content (AvgIpc) is 3.08. The number of hydrogen-bond donors (Lipinski definition) is 3. The molecule has 1 aliphatic carbocycles. The molecule has 0 spiro atoms. The van der Waals surface area contributed by atoms with E-state index in [1.807, 2.05) is 6.07 Å². The van der Waals surface area contributed by atoms with Crippen LogP contribution in [0.25, 0.3) is 10.9 Å². The van der Waals surface area contributed by atoms with Crippen LogP contribution in [0.15, 0.2) is 24.3 Å². The fraction of sp³-hybridized carbons (Fsp3) is 0.571. The van der Waals surface area contributed by atoms with Crippen LogP contribution in [0.4, 0.5) is 0 Å². The van der Waals surface area contributed by atoms with Gasteiger partial charge in [-0.05, 0) is 43.2 Å². The maximum atomic E-state index is 12.4. The number of H-pyrrole nitrogens is 1. The van der Waals surface area contributed by atoms with Gasteiger partial charge in [-0.2, -0.15) is 0 Å². The fourth-order valence-electron chi connectivity index (χ4n) is 5.84. The first-order valence-electron chi connectivity index (χ1n) is 9.86. The molecule has 27 heavy (non-hydrogen) atoms. The number of piperidine rings is 1. The molecule has 0 amide bonds. The highest BCUT2D eigenvalue weighted by atomic mass is 16.5. The Bertz CT molecular complexity index is 893. The van der Waals surface area contributed by atoms with Crippen molar-refractivity contribution in [2.45, 2.75) is 43.4 Å². The second kappa shape index (κ2) is 6.06. The van der Waals surface area contributed by atoms with Crippen LogP contribution in [0.1, 0.15) is 36.6 Å². The van der Waals surface area contributed by atoms with Gasteiger partial charge in [-0.3, -0.25) is 4.90 Å². The van der Waals surface area contributed by atoms with Gasteiger partial charge < -0.3 is 19.9 Å². The third kappa shape index (κ3) is 2.33. The minimum Gasteiger partial charge on any atom is -0.467 e. The van der Waals surface area contributed by atoms with E-state index in [-0.39, 0.29) is 17.9 Å². The van der Waals surface area contributed by atoms with Crippen LogP contribution in [-0.2, 0) is 16.0 Å². The van der Waals surface area contributed by atoms with Crippen molar-refractivity contribution in [2.24, 2.45) is 11.8 Å². The number of aromatic amines is 1. The summed E-state index contributed by atoms with van der Waals surface area (Å²) in [6.45, 7) is 1.83. The predicted octanol–water partition coefficient (Wildman–Crippen LogP) is 1.76. The Labute approximate surface area is 158 Å². The molecular formula is C21H26N2O4. The van der Waals surface area contributed by atoms with Crippen molar-refractivity contribution in [1.82, 2.24) is 9.88 Å². The molecule has 1 aromatic heterocycles. The highest BCUT2D eigenvalue weighted by Crippen LogP contribution is 2.50. The zero-order valence-electron chi connectivity index (χ0n) is 15.5. The number of carbonyl (C=O) groups is 1. The van der Waals surface area contributed by atoms with Crippen LogP contribution in [0.2, 0.25) is 0 Å². The Morgan fingerprint density at radius 2 is 2.15 bits per heavy atom. The molecule has 6 heteroatoms. The monoisotopic (exact) mass is 370 g/mol. The molecule has 2 aromatic rings. The Balaban J connectivity index is 1.56. The lowest BCUT2D eigenvalue weighted by atomic mass is 9.62. The van der Waals surface area contributed by atoms with E-state index in [1.165, 1.54) is 23.8 Å². The van der Waals surface area contributed by atoms with E-state index < -0.39 is 17.7 Å². The van der Waals surface area contributed by atoms with Crippen LogP contribution in [0, 0.1) is 11.8 Å². The van der Waals surface area contributed by atoms with E-state index in [0.29, 0.717) is 12.8 Å². The van der Waals surface area contributed by atoms with Gasteiger partial charge >= 0.3 is 5.97 Å². The molecule has 6 nitrogen and oxygen atoms in total. The largest absolute Gasteiger partial charge is 0.467 e. The number of aliphatic hydroxyl groups excluding tert-OH is 1. The SMILES string of the molecule is COC(=O)C1(O)C(O)CCC2CN3CCc4c([nH]c5ccccc45)C3CC21. The van der Waals surface area contributed by atoms with Crippen molar-refractivity contribution in [1.29, 1.82) is 0 Å². The number of nitrogens with zero attached hydrogens (tertiary/aromatic N) is 1. The maximum Gasteiger partial charge on any atom is 0.340 e. The first-order valence-corrected chi connectivity index (χ1v) is 9.86. The molecule has 5 atom stereocenters. The summed E-state index contributed by atoms with van der Waals surface area (Å²) in [5.41, 5.74) is 1.88. The van der Waals surface area contributed by atoms with Gasteiger partial charge in [0, 0.05) is 35.6 Å². The van der Waals surface area contributed by atoms with Crippen LogP contribution < -0.4 is 0 Å². The Morgan fingerprint density at radius 3 is 2.96 bits per heavy atom. The zero-order chi connectivity index (χ0) is 18.8. The summed E-state index contributed by atoms with van der Waals surface area (Å²) in [5, 5.41) is 23.0. The molecule has 5 unspecified atom stereocenters. The van der Waals surface area contributed by atoms with Crippen LogP contribution in [-0.4, -0.2) is 58.0 Å². The van der Waals surface area contributed by atoms with E-state index in [1.54, 1.807) is 0 Å². The minimum absolute atomic E-state index is 0.129. The number of hydrogen-bond acceptors (Lipinski definition) is 5. The van der Waals surface area contributed by atoms with Crippen molar-refractivity contribution in [3.8, 4) is 0 Å². The topological polar surface area (TPSA) is 85.8 Å². The van der Waals surface area contributed by atoms with Gasteiger partial charge in [-0.1, -0.05) is 18.2 Å². The molecule has 144 valence electrons. The number of esters is 1. The highest BCUT2D eigenvalue weighted by molar-refractivity contribution is 5.85. The molecule has 2 aliphatic heterocycles. The van der Waals surface area contributed by atoms with E-state index in [0.717, 1.165) is 31.4 Å². The number of benzene rings is 1. The molecule has 3 N–H and O–H groups in total. The van der Waals surface area contributed by atoms with E-state index in [2.05, 4.69) is 28.1 Å². The summed E-state index contributed by atoms with van der Waals surface area (Å²) in [6.07, 6.45) is 1.85. The molecule has 0 radical (unpaired) electrons. The summed E-state index contributed by atoms with van der Waals surface area (Å²) in [5.74, 6) is -0.808. The number of ether oxygens (including phenoxy) is 1. The summed E-state index contributed by atoms with van der Waals surface area (Å²) in [7, 11) is 1.28. The molecule has 2 fully saturated rings. The predicted molar refractivity (Wildman–Crippen MR) is 100 cm³/mol. The quantitative estimate of drug-likeness (QED) is 0.666. The van der Waals surface area contributed by atoms with Crippen molar-refractivity contribution in [2.75, 3.05) is 20.2 Å². The summed E-state index contributed by atoms with van der Waals surface area (Å²) >= 11 is 0. The second-order valence-electron chi connectivity index (χ2n) is 8.34. The first kappa shape index (κ1) is 17.2. The lowest BCUT2D eigenvalue weighted by molar-refractivity contribution is -0.208. The van der Waals surface area contributed by atoms with Crippen molar-refractivity contribution < 1.29 is 19.7 Å². The highest BCUT2D eigenvalue weighted by Gasteiger charge is 2.59. The van der Waals surface area contributed by atoms with Gasteiger partial charge in [-0.15, -0.1) is 0 Å². The standard InChI is InChI=1S/C21H26N2O4/c1-27-20(25)21(26)15-10-17-19-14(13-4-2-3-5-16(13)22-19)8-9-23(17)11-12(15)6-7-18(21)24/h2-5,12,15,17-18,22,24,26H,6-11H2,1H3. The third-order valence-electron chi connectivity index (χ3n) is 7.18. The molecule has 1 aromatic carbocycles. The van der Waals surface area contributed by atoms with Crippen molar-refractivity contribution >= 4 is 16.9 Å². The number of fused-ring (bicyclic) bond motifs is 6. The zero-order valence-corrected chi connectivity index (χ0v) is 15.5. The second-order valence-corrected chi connectivity index (χ2v) is 8.34. The maximum absolute atomic E-state index is 12.4. The van der Waals surface area contributed by atoms with Gasteiger partial charge in [0.2, 0.25) is 0 Å². The summed E-state index contributed by atoms with van der Waals surface area (Å²) in [6, 6.07) is 8.48. The Kier molecular flexibility index (Phi) is 3.86. The van der Waals surface area contributed by atoms with Gasteiger partial charge in [0.15, 0.2) is 5.60 Å². The number of methoxy groups -OCH3 is 1. The molecule has 1 saturated heterocycles. The average molecular weight is 370 g/mol. The van der Waals surface area contributed by atoms with Gasteiger partial charge in [-0.25, -0.2) is 4.79 Å². The lowest BCUT2D eigenvalue weighted by Gasteiger charge is -2.53. The molecule has 3 heterocycles. The number of carbonyl (C=O) groups excluding carboxylic acids is 1. The number of para-hydroxylation sites is 1. The van der Waals surface area contributed by atoms with Crippen molar-refractivity contribution in [3.05, 3.63) is 35.5 Å². The molecule has 5 rings (SSSR count). The van der Waals surface area contributed by atoms with Crippen molar-refractivity contribution in [3.63, 3.8) is 0 Å². The number of aromatic nitrogens is 1. The van der Waals surface area contributed by atoms with Crippen LogP contribution in [0.3, 0.4) is 0 Å². The van der Waals surface area contributed by atoms with Crippen LogP contribution in [0.5, 0.6) is 0 Å². The van der Waals surface area contributed by atoms with E-state index >= 15 is 0 Å². The number of nitrogens with one attached hydrogen (secondary N) is 1. The number of aliphatic hydroxyl groups is 2. The molecular weight excluding hydrogens is 344 g/mol. The normalized spacial score (nSPS) is 36.0. The Morgan fingerprint density at radius 1 is 1.33 bits per heavy atom. The molecule has 3 aliphatic rings. The van der Waals surface area contributed by atoms with Crippen LogP contribution >= 0.6 is 0 Å². The van der Waals surface area contributed by atoms with E-state index in [9.17, 15) is 15.0 Å². The number of rotatable bonds is 1. The van der Waals surface area contributed by atoms with E-state index in [4.69, 9.17) is 4.74 Å². The third-order valence-corrected chi connectivity index (χ3v) is 7.18. The molecule has 1 saturated carbocycles. The fourth-order valence-corrected chi connectivity index (χ4v) is 5.84. The van der Waals surface area contributed by atoms with Gasteiger partial charge in [0.1, 0.15) is 0 Å². The smallest absolute Gasteiger partial charge is 0.340 e. The summed E-state index contributed by atoms with van der Waals surface area (Å²) < 4.78 is 4.90. The lowest BCUT2D eigenvalue weighted by Crippen LogP contribution is -2.64.